The fraction of sp³-hybridized carbons (Fsp3) is 0.364. The van der Waals surface area contributed by atoms with Crippen LogP contribution in [0.5, 0.6) is 0 Å². The van der Waals surface area contributed by atoms with Crippen LogP contribution in [0.4, 0.5) is 0 Å². The van der Waals surface area contributed by atoms with Crippen molar-refractivity contribution in [1.82, 2.24) is 25.3 Å². The van der Waals surface area contributed by atoms with Crippen LogP contribution < -0.4 is 5.32 Å². The van der Waals surface area contributed by atoms with Crippen LogP contribution in [0.15, 0.2) is 18.3 Å². The molecule has 0 fully saturated rings. The zero-order valence-electron chi connectivity index (χ0n) is 9.90. The number of carbonyl (C=O) groups excluding carboxylic acids is 1. The summed E-state index contributed by atoms with van der Waals surface area (Å²) in [6, 6.07) is 3.77. The van der Waals surface area contributed by atoms with Crippen molar-refractivity contribution in [2.24, 2.45) is 0 Å². The van der Waals surface area contributed by atoms with Crippen LogP contribution in [0.25, 0.3) is 0 Å². The van der Waals surface area contributed by atoms with Crippen molar-refractivity contribution < 1.29 is 4.79 Å². The zero-order chi connectivity index (χ0) is 12.3. The van der Waals surface area contributed by atoms with Gasteiger partial charge in [-0.3, -0.25) is 14.6 Å². The molecule has 2 aromatic heterocycles. The molecule has 0 saturated carbocycles. The third kappa shape index (κ3) is 2.93. The number of carbonyl (C=O) groups is 1. The van der Waals surface area contributed by atoms with Crippen molar-refractivity contribution in [3.05, 3.63) is 35.4 Å². The summed E-state index contributed by atoms with van der Waals surface area (Å²) in [5.41, 5.74) is 2.79. The Bertz CT molecular complexity index is 500. The molecule has 0 aromatic carbocycles. The smallest absolute Gasteiger partial charge is 0.242 e. The lowest BCUT2D eigenvalue weighted by atomic mass is 10.4. The summed E-state index contributed by atoms with van der Waals surface area (Å²) >= 11 is 0. The van der Waals surface area contributed by atoms with Gasteiger partial charge in [0.05, 0.1) is 17.9 Å². The van der Waals surface area contributed by atoms with Crippen LogP contribution >= 0.6 is 0 Å². The first-order valence-electron chi connectivity index (χ1n) is 5.41. The number of rotatable bonds is 4. The van der Waals surface area contributed by atoms with Crippen molar-refractivity contribution in [2.45, 2.75) is 26.9 Å². The normalized spacial score (nSPS) is 10.5. The minimum atomic E-state index is -0.0641. The number of nitrogens with one attached hydrogen (secondary N) is 2. The van der Waals surface area contributed by atoms with Gasteiger partial charge in [0, 0.05) is 11.9 Å². The molecule has 6 heteroatoms. The van der Waals surface area contributed by atoms with Gasteiger partial charge in [0.2, 0.25) is 5.91 Å². The molecule has 2 heterocycles. The number of H-pyrrole nitrogens is 1. The maximum absolute atomic E-state index is 11.7. The molecule has 2 aromatic rings. The first-order chi connectivity index (χ1) is 8.15. The van der Waals surface area contributed by atoms with E-state index in [-0.39, 0.29) is 12.5 Å². The number of aromatic nitrogens is 4. The molecular weight excluding hydrogens is 218 g/mol. The Labute approximate surface area is 99.0 Å². The van der Waals surface area contributed by atoms with Gasteiger partial charge < -0.3 is 5.32 Å². The van der Waals surface area contributed by atoms with E-state index in [1.165, 1.54) is 0 Å². The monoisotopic (exact) mass is 233 g/mol. The van der Waals surface area contributed by atoms with E-state index in [0.29, 0.717) is 6.54 Å². The first-order valence-corrected chi connectivity index (χ1v) is 5.41. The molecule has 0 atom stereocenters. The number of hydrogen-bond acceptors (Lipinski definition) is 3. The van der Waals surface area contributed by atoms with E-state index in [2.05, 4.69) is 20.6 Å². The number of hydrogen-bond donors (Lipinski definition) is 2. The fourth-order valence-electron chi connectivity index (χ4n) is 1.60. The minimum Gasteiger partial charge on any atom is -0.349 e. The summed E-state index contributed by atoms with van der Waals surface area (Å²) in [6.07, 6.45) is 1.66. The van der Waals surface area contributed by atoms with E-state index in [0.717, 1.165) is 17.1 Å². The predicted molar refractivity (Wildman–Crippen MR) is 62.1 cm³/mol. The van der Waals surface area contributed by atoms with E-state index in [9.17, 15) is 4.79 Å². The minimum absolute atomic E-state index is 0.0641. The second-order valence-corrected chi connectivity index (χ2v) is 3.94. The lowest BCUT2D eigenvalue weighted by Gasteiger charge is -2.05. The zero-order valence-corrected chi connectivity index (χ0v) is 9.90. The molecule has 0 spiro atoms. The highest BCUT2D eigenvalue weighted by atomic mass is 16.2. The maximum atomic E-state index is 11.7. The molecule has 6 nitrogen and oxygen atoms in total. The molecule has 0 unspecified atom stereocenters. The summed E-state index contributed by atoms with van der Waals surface area (Å²) in [5, 5.41) is 13.6. The van der Waals surface area contributed by atoms with Gasteiger partial charge in [0.15, 0.2) is 0 Å². The van der Waals surface area contributed by atoms with E-state index >= 15 is 0 Å². The van der Waals surface area contributed by atoms with E-state index < -0.39 is 0 Å². The molecule has 0 saturated heterocycles. The van der Waals surface area contributed by atoms with Crippen molar-refractivity contribution in [1.29, 1.82) is 0 Å². The average molecular weight is 233 g/mol. The lowest BCUT2D eigenvalue weighted by molar-refractivity contribution is -0.122. The number of aromatic amines is 1. The number of amides is 1. The topological polar surface area (TPSA) is 75.6 Å². The molecule has 2 N–H and O–H groups in total. The van der Waals surface area contributed by atoms with Crippen LogP contribution in [0.2, 0.25) is 0 Å². The molecule has 1 amide bonds. The van der Waals surface area contributed by atoms with Crippen LogP contribution in [-0.4, -0.2) is 25.9 Å². The molecule has 0 bridgehead atoms. The number of aryl methyl sites for hydroxylation is 2. The average Bonchev–Trinajstić information content (AvgIpc) is 2.87. The Balaban J connectivity index is 1.87. The highest BCUT2D eigenvalue weighted by Gasteiger charge is 2.06. The Hall–Kier alpha value is -2.11. The summed E-state index contributed by atoms with van der Waals surface area (Å²) in [7, 11) is 0. The van der Waals surface area contributed by atoms with Gasteiger partial charge in [0.25, 0.3) is 0 Å². The quantitative estimate of drug-likeness (QED) is 0.809. The predicted octanol–water partition coefficient (Wildman–Crippen LogP) is 0.539. The van der Waals surface area contributed by atoms with Crippen molar-refractivity contribution in [3.63, 3.8) is 0 Å². The second kappa shape index (κ2) is 4.82. The molecule has 90 valence electrons. The summed E-state index contributed by atoms with van der Waals surface area (Å²) < 4.78 is 1.69. The Kier molecular flexibility index (Phi) is 3.22. The van der Waals surface area contributed by atoms with Gasteiger partial charge >= 0.3 is 0 Å². The largest absolute Gasteiger partial charge is 0.349 e. The van der Waals surface area contributed by atoms with Gasteiger partial charge in [0.1, 0.15) is 6.54 Å². The third-order valence-corrected chi connectivity index (χ3v) is 2.43. The highest BCUT2D eigenvalue weighted by Crippen LogP contribution is 2.01. The van der Waals surface area contributed by atoms with Crippen molar-refractivity contribution >= 4 is 5.91 Å². The lowest BCUT2D eigenvalue weighted by Crippen LogP contribution is -2.28. The van der Waals surface area contributed by atoms with E-state index in [1.54, 1.807) is 10.9 Å². The van der Waals surface area contributed by atoms with Gasteiger partial charge in [-0.1, -0.05) is 0 Å². The third-order valence-electron chi connectivity index (χ3n) is 2.43. The van der Waals surface area contributed by atoms with Crippen molar-refractivity contribution in [2.75, 3.05) is 0 Å². The van der Waals surface area contributed by atoms with Gasteiger partial charge in [-0.05, 0) is 26.0 Å². The van der Waals surface area contributed by atoms with Gasteiger partial charge in [-0.15, -0.1) is 0 Å². The standard InChI is InChI=1S/C11H15N5O/c1-8-5-9(2)16(15-8)7-11(17)12-6-10-3-4-13-14-10/h3-5H,6-7H2,1-2H3,(H,12,17)(H,13,14). The first kappa shape index (κ1) is 11.4. The second-order valence-electron chi connectivity index (χ2n) is 3.94. The van der Waals surface area contributed by atoms with Gasteiger partial charge in [-0.25, -0.2) is 0 Å². The van der Waals surface area contributed by atoms with Crippen LogP contribution in [0.1, 0.15) is 17.1 Å². The molecule has 0 radical (unpaired) electrons. The summed E-state index contributed by atoms with van der Waals surface area (Å²) in [6.45, 7) is 4.54. The van der Waals surface area contributed by atoms with Crippen molar-refractivity contribution in [3.8, 4) is 0 Å². The SMILES string of the molecule is Cc1cc(C)n(CC(=O)NCc2ccn[nH]2)n1. The molecule has 17 heavy (non-hydrogen) atoms. The summed E-state index contributed by atoms with van der Waals surface area (Å²) in [4.78, 5) is 11.7. The molecule has 0 aliphatic rings. The van der Waals surface area contributed by atoms with Crippen LogP contribution in [-0.2, 0) is 17.9 Å². The molecule has 2 rings (SSSR count). The van der Waals surface area contributed by atoms with E-state index in [4.69, 9.17) is 0 Å². The maximum Gasteiger partial charge on any atom is 0.242 e. The number of nitrogens with zero attached hydrogens (tertiary/aromatic N) is 3. The molecule has 0 aliphatic heterocycles. The molecular formula is C11H15N5O. The molecule has 0 aliphatic carbocycles. The summed E-state index contributed by atoms with van der Waals surface area (Å²) in [5.74, 6) is -0.0641. The van der Waals surface area contributed by atoms with E-state index in [1.807, 2.05) is 26.0 Å². The van der Waals surface area contributed by atoms with Gasteiger partial charge in [-0.2, -0.15) is 10.2 Å². The Morgan fingerprint density at radius 1 is 1.53 bits per heavy atom. The Morgan fingerprint density at radius 2 is 2.35 bits per heavy atom. The fourth-order valence-corrected chi connectivity index (χ4v) is 1.60. The Morgan fingerprint density at radius 3 is 2.94 bits per heavy atom. The van der Waals surface area contributed by atoms with Crippen LogP contribution in [0.3, 0.4) is 0 Å². The highest BCUT2D eigenvalue weighted by molar-refractivity contribution is 5.75. The van der Waals surface area contributed by atoms with Crippen LogP contribution in [0, 0.1) is 13.8 Å².